The third kappa shape index (κ3) is 4.65. The van der Waals surface area contributed by atoms with E-state index < -0.39 is 0 Å². The normalized spacial score (nSPS) is 14.9. The van der Waals surface area contributed by atoms with E-state index in [1.165, 1.54) is 9.75 Å². The zero-order valence-corrected chi connectivity index (χ0v) is 13.3. The van der Waals surface area contributed by atoms with Crippen molar-refractivity contribution in [2.24, 2.45) is 5.73 Å². The Bertz CT molecular complexity index is 423. The number of hydrogen-bond acceptors (Lipinski definition) is 3. The zero-order valence-electron chi connectivity index (χ0n) is 12.5. The maximum atomic E-state index is 5.90. The number of nitrogens with two attached hydrogens (primary N) is 1. The van der Waals surface area contributed by atoms with Crippen LogP contribution in [0.15, 0.2) is 12.1 Å². The largest absolute Gasteiger partial charge is 0.329 e. The molecule has 19 heavy (non-hydrogen) atoms. The lowest BCUT2D eigenvalue weighted by Crippen LogP contribution is -2.35. The molecule has 2 unspecified atom stereocenters. The van der Waals surface area contributed by atoms with E-state index in [1.807, 2.05) is 11.3 Å². The molecule has 2 nitrogen and oxygen atoms in total. The van der Waals surface area contributed by atoms with E-state index in [0.717, 1.165) is 12.8 Å². The van der Waals surface area contributed by atoms with Crippen molar-refractivity contribution in [3.63, 3.8) is 0 Å². The lowest BCUT2D eigenvalue weighted by Gasteiger charge is -2.21. The number of nitrogens with one attached hydrogen (secondary N) is 1. The van der Waals surface area contributed by atoms with E-state index in [2.05, 4.69) is 51.1 Å². The van der Waals surface area contributed by atoms with Gasteiger partial charge in [0.2, 0.25) is 0 Å². The summed E-state index contributed by atoms with van der Waals surface area (Å²) in [5.41, 5.74) is 6.09. The molecule has 0 fully saturated rings. The van der Waals surface area contributed by atoms with E-state index in [-0.39, 0.29) is 17.5 Å². The van der Waals surface area contributed by atoms with Crippen LogP contribution < -0.4 is 11.1 Å². The summed E-state index contributed by atoms with van der Waals surface area (Å²) < 4.78 is 0. The van der Waals surface area contributed by atoms with Crippen LogP contribution in [0.3, 0.4) is 0 Å². The predicted octanol–water partition coefficient (Wildman–Crippen LogP) is 3.44. The monoisotopic (exact) mass is 278 g/mol. The van der Waals surface area contributed by atoms with Crippen LogP contribution in [0.1, 0.15) is 56.3 Å². The van der Waals surface area contributed by atoms with Crippen LogP contribution in [-0.2, 0) is 5.41 Å². The minimum atomic E-state index is 0.110. The van der Waals surface area contributed by atoms with Gasteiger partial charge in [0.15, 0.2) is 0 Å². The number of terminal acetylenes is 1. The average molecular weight is 278 g/mol. The van der Waals surface area contributed by atoms with E-state index in [1.54, 1.807) is 0 Å². The molecule has 0 amide bonds. The van der Waals surface area contributed by atoms with Gasteiger partial charge in [-0.25, -0.2) is 0 Å². The molecule has 0 saturated heterocycles. The zero-order chi connectivity index (χ0) is 14.5. The SMILES string of the molecule is C#CC(CCC)NC(CN)c1ccc(C(C)(C)C)s1. The van der Waals surface area contributed by atoms with Crippen molar-refractivity contribution in [2.45, 2.75) is 58.0 Å². The van der Waals surface area contributed by atoms with Crippen LogP contribution in [0.5, 0.6) is 0 Å². The standard InChI is InChI=1S/C16H26N2S/c1-6-8-12(7-2)18-13(11-17)14-9-10-15(19-14)16(3,4)5/h2,9-10,12-13,18H,6,8,11,17H2,1,3-5H3. The summed E-state index contributed by atoms with van der Waals surface area (Å²) in [5, 5.41) is 3.48. The molecule has 1 heterocycles. The minimum Gasteiger partial charge on any atom is -0.329 e. The molecule has 0 spiro atoms. The number of rotatable bonds is 6. The highest BCUT2D eigenvalue weighted by atomic mass is 32.1. The molecule has 0 bridgehead atoms. The van der Waals surface area contributed by atoms with Crippen molar-refractivity contribution in [1.29, 1.82) is 0 Å². The van der Waals surface area contributed by atoms with E-state index in [4.69, 9.17) is 12.2 Å². The van der Waals surface area contributed by atoms with Gasteiger partial charge in [-0.05, 0) is 24.0 Å². The summed E-state index contributed by atoms with van der Waals surface area (Å²) in [6.45, 7) is 9.41. The number of hydrogen-bond donors (Lipinski definition) is 2. The lowest BCUT2D eigenvalue weighted by atomic mass is 9.95. The first-order chi connectivity index (χ1) is 8.92. The topological polar surface area (TPSA) is 38.0 Å². The van der Waals surface area contributed by atoms with Gasteiger partial charge in [-0.3, -0.25) is 5.32 Å². The molecular weight excluding hydrogens is 252 g/mol. The molecule has 0 aliphatic heterocycles. The maximum absolute atomic E-state index is 5.90. The molecule has 0 aliphatic carbocycles. The Kier molecular flexibility index (Phi) is 6.06. The summed E-state index contributed by atoms with van der Waals surface area (Å²) in [6.07, 6.45) is 7.64. The van der Waals surface area contributed by atoms with Crippen LogP contribution in [0.25, 0.3) is 0 Å². The molecule has 106 valence electrons. The third-order valence-corrected chi connectivity index (χ3v) is 4.75. The van der Waals surface area contributed by atoms with Gasteiger partial charge in [0.05, 0.1) is 12.1 Å². The first-order valence-corrected chi connectivity index (χ1v) is 7.76. The molecule has 1 aromatic heterocycles. The second-order valence-corrected chi connectivity index (χ2v) is 7.03. The van der Waals surface area contributed by atoms with E-state index in [9.17, 15) is 0 Å². The van der Waals surface area contributed by atoms with Crippen molar-refractivity contribution in [3.8, 4) is 12.3 Å². The van der Waals surface area contributed by atoms with Gasteiger partial charge in [-0.15, -0.1) is 17.8 Å². The average Bonchev–Trinajstić information content (AvgIpc) is 2.83. The van der Waals surface area contributed by atoms with Gasteiger partial charge in [0.25, 0.3) is 0 Å². The van der Waals surface area contributed by atoms with Crippen LogP contribution >= 0.6 is 11.3 Å². The highest BCUT2D eigenvalue weighted by Gasteiger charge is 2.20. The summed E-state index contributed by atoms with van der Waals surface area (Å²) in [4.78, 5) is 2.67. The Morgan fingerprint density at radius 3 is 2.53 bits per heavy atom. The van der Waals surface area contributed by atoms with Crippen molar-refractivity contribution >= 4 is 11.3 Å². The first-order valence-electron chi connectivity index (χ1n) is 6.94. The van der Waals surface area contributed by atoms with Crippen LogP contribution in [0.2, 0.25) is 0 Å². The summed E-state index contributed by atoms with van der Waals surface area (Å²) in [5.74, 6) is 2.81. The molecule has 0 aliphatic rings. The minimum absolute atomic E-state index is 0.110. The Labute approximate surface area is 121 Å². The van der Waals surface area contributed by atoms with Crippen LogP contribution in [0, 0.1) is 12.3 Å². The Hall–Kier alpha value is -0.820. The van der Waals surface area contributed by atoms with Crippen molar-refractivity contribution in [2.75, 3.05) is 6.54 Å². The maximum Gasteiger partial charge on any atom is 0.0692 e. The number of thiophene rings is 1. The molecule has 0 radical (unpaired) electrons. The van der Waals surface area contributed by atoms with Gasteiger partial charge in [-0.1, -0.05) is 40.0 Å². The lowest BCUT2D eigenvalue weighted by molar-refractivity contribution is 0.480. The van der Waals surface area contributed by atoms with Gasteiger partial charge in [0.1, 0.15) is 0 Å². The van der Waals surface area contributed by atoms with Crippen LogP contribution in [-0.4, -0.2) is 12.6 Å². The fourth-order valence-electron chi connectivity index (χ4n) is 1.96. The molecule has 3 N–H and O–H groups in total. The first kappa shape index (κ1) is 16.2. The second kappa shape index (κ2) is 7.09. The van der Waals surface area contributed by atoms with E-state index >= 15 is 0 Å². The predicted molar refractivity (Wildman–Crippen MR) is 85.5 cm³/mol. The highest BCUT2D eigenvalue weighted by molar-refractivity contribution is 7.12. The molecule has 3 heteroatoms. The van der Waals surface area contributed by atoms with Gasteiger partial charge in [-0.2, -0.15) is 0 Å². The Balaban J connectivity index is 2.80. The van der Waals surface area contributed by atoms with Crippen molar-refractivity contribution in [3.05, 3.63) is 21.9 Å². The fraction of sp³-hybridized carbons (Fsp3) is 0.625. The second-order valence-electron chi connectivity index (χ2n) is 5.91. The fourth-order valence-corrected chi connectivity index (χ4v) is 3.09. The molecule has 2 atom stereocenters. The summed E-state index contributed by atoms with van der Waals surface area (Å²) >= 11 is 1.83. The Morgan fingerprint density at radius 2 is 2.11 bits per heavy atom. The third-order valence-electron chi connectivity index (χ3n) is 3.13. The molecule has 1 rings (SSSR count). The summed E-state index contributed by atoms with van der Waals surface area (Å²) in [7, 11) is 0. The molecular formula is C16H26N2S. The smallest absolute Gasteiger partial charge is 0.0692 e. The quantitative estimate of drug-likeness (QED) is 0.782. The van der Waals surface area contributed by atoms with Gasteiger partial charge in [0, 0.05) is 16.3 Å². The van der Waals surface area contributed by atoms with Gasteiger partial charge >= 0.3 is 0 Å². The van der Waals surface area contributed by atoms with Crippen molar-refractivity contribution < 1.29 is 0 Å². The molecule has 0 saturated carbocycles. The summed E-state index contributed by atoms with van der Waals surface area (Å²) in [6, 6.07) is 4.65. The molecule has 0 aromatic carbocycles. The van der Waals surface area contributed by atoms with E-state index in [0.29, 0.717) is 6.54 Å². The molecule has 1 aromatic rings. The van der Waals surface area contributed by atoms with Crippen LogP contribution in [0.4, 0.5) is 0 Å². The Morgan fingerprint density at radius 1 is 1.42 bits per heavy atom. The highest BCUT2D eigenvalue weighted by Crippen LogP contribution is 2.32. The van der Waals surface area contributed by atoms with Crippen molar-refractivity contribution in [1.82, 2.24) is 5.32 Å². The van der Waals surface area contributed by atoms with Gasteiger partial charge < -0.3 is 5.73 Å².